The van der Waals surface area contributed by atoms with Gasteiger partial charge in [0, 0.05) is 26.3 Å². The van der Waals surface area contributed by atoms with Gasteiger partial charge in [0.15, 0.2) is 11.5 Å². The van der Waals surface area contributed by atoms with Gasteiger partial charge in [-0.2, -0.15) is 0 Å². The Bertz CT molecular complexity index is 351. The van der Waals surface area contributed by atoms with E-state index in [2.05, 4.69) is 5.32 Å². The summed E-state index contributed by atoms with van der Waals surface area (Å²) in [6.45, 7) is 1.31. The van der Waals surface area contributed by atoms with Crippen LogP contribution in [0.3, 0.4) is 0 Å². The molecule has 1 unspecified atom stereocenters. The minimum absolute atomic E-state index is 0.111. The molecule has 0 fully saturated rings. The molecule has 0 aromatic heterocycles. The Morgan fingerprint density at radius 2 is 2.11 bits per heavy atom. The van der Waals surface area contributed by atoms with Gasteiger partial charge in [-0.1, -0.05) is 6.07 Å². The zero-order valence-corrected chi connectivity index (χ0v) is 10.8. The van der Waals surface area contributed by atoms with Crippen molar-refractivity contribution in [1.29, 1.82) is 0 Å². The predicted molar refractivity (Wildman–Crippen MR) is 68.9 cm³/mol. The van der Waals surface area contributed by atoms with Gasteiger partial charge < -0.3 is 25.0 Å². The van der Waals surface area contributed by atoms with Crippen molar-refractivity contribution in [2.45, 2.75) is 19.0 Å². The largest absolute Gasteiger partial charge is 0.504 e. The molecule has 102 valence electrons. The quantitative estimate of drug-likeness (QED) is 0.643. The van der Waals surface area contributed by atoms with Gasteiger partial charge in [0.1, 0.15) is 0 Å². The van der Waals surface area contributed by atoms with Crippen molar-refractivity contribution in [3.63, 3.8) is 0 Å². The lowest BCUT2D eigenvalue weighted by Gasteiger charge is -2.17. The van der Waals surface area contributed by atoms with Crippen molar-refractivity contribution in [3.8, 4) is 11.5 Å². The molecule has 0 aliphatic carbocycles. The maximum Gasteiger partial charge on any atom is 0.160 e. The van der Waals surface area contributed by atoms with Crippen molar-refractivity contribution in [1.82, 2.24) is 5.32 Å². The fraction of sp³-hybridized carbons (Fsp3) is 0.538. The highest BCUT2D eigenvalue weighted by Gasteiger charge is 2.08. The third-order valence-corrected chi connectivity index (χ3v) is 2.68. The number of nitrogens with one attached hydrogen (secondary N) is 1. The van der Waals surface area contributed by atoms with Crippen LogP contribution in [0.4, 0.5) is 0 Å². The van der Waals surface area contributed by atoms with Crippen LogP contribution >= 0.6 is 0 Å². The van der Waals surface area contributed by atoms with E-state index >= 15 is 0 Å². The van der Waals surface area contributed by atoms with E-state index in [1.807, 2.05) is 6.07 Å². The van der Waals surface area contributed by atoms with Crippen LogP contribution in [0.1, 0.15) is 12.0 Å². The Kier molecular flexibility index (Phi) is 6.49. The number of rotatable bonds is 8. The monoisotopic (exact) mass is 255 g/mol. The van der Waals surface area contributed by atoms with Crippen LogP contribution < -0.4 is 10.1 Å². The number of hydrogen-bond donors (Lipinski definition) is 3. The molecule has 0 spiro atoms. The third-order valence-electron chi connectivity index (χ3n) is 2.68. The van der Waals surface area contributed by atoms with Gasteiger partial charge >= 0.3 is 0 Å². The number of aromatic hydroxyl groups is 1. The van der Waals surface area contributed by atoms with Crippen molar-refractivity contribution < 1.29 is 19.7 Å². The average molecular weight is 255 g/mol. The summed E-state index contributed by atoms with van der Waals surface area (Å²) in [5.74, 6) is 0.588. The van der Waals surface area contributed by atoms with Gasteiger partial charge in [-0.3, -0.25) is 0 Å². The van der Waals surface area contributed by atoms with Crippen molar-refractivity contribution in [2.24, 2.45) is 0 Å². The number of hydrogen-bond acceptors (Lipinski definition) is 5. The minimum atomic E-state index is 0.111. The van der Waals surface area contributed by atoms with Gasteiger partial charge in [0.2, 0.25) is 0 Å². The third kappa shape index (κ3) is 4.52. The maximum absolute atomic E-state index is 9.48. The second-order valence-electron chi connectivity index (χ2n) is 4.05. The summed E-state index contributed by atoms with van der Waals surface area (Å²) >= 11 is 0. The zero-order valence-electron chi connectivity index (χ0n) is 10.8. The number of aliphatic hydroxyl groups is 1. The first-order chi connectivity index (χ1) is 8.71. The van der Waals surface area contributed by atoms with Crippen LogP contribution in [0.2, 0.25) is 0 Å². The minimum Gasteiger partial charge on any atom is -0.504 e. The summed E-state index contributed by atoms with van der Waals surface area (Å²) in [5, 5.41) is 21.7. The number of methoxy groups -OCH3 is 2. The van der Waals surface area contributed by atoms with Gasteiger partial charge in [-0.25, -0.2) is 0 Å². The molecule has 1 aromatic carbocycles. The predicted octanol–water partition coefficient (Wildman–Crippen LogP) is 0.888. The van der Waals surface area contributed by atoms with E-state index in [-0.39, 0.29) is 18.4 Å². The molecular weight excluding hydrogens is 234 g/mol. The number of aliphatic hydroxyl groups excluding tert-OH is 1. The van der Waals surface area contributed by atoms with Crippen molar-refractivity contribution in [3.05, 3.63) is 23.8 Å². The highest BCUT2D eigenvalue weighted by Crippen LogP contribution is 2.26. The topological polar surface area (TPSA) is 71.0 Å². The molecule has 1 atom stereocenters. The van der Waals surface area contributed by atoms with Crippen LogP contribution in [0.15, 0.2) is 18.2 Å². The molecular formula is C13H21NO4. The Hall–Kier alpha value is -1.30. The average Bonchev–Trinajstić information content (AvgIpc) is 2.38. The van der Waals surface area contributed by atoms with Crippen LogP contribution in [0, 0.1) is 0 Å². The molecule has 0 aliphatic heterocycles. The summed E-state index contributed by atoms with van der Waals surface area (Å²) < 4.78 is 10.1. The lowest BCUT2D eigenvalue weighted by Crippen LogP contribution is -2.33. The Balaban J connectivity index is 2.55. The molecule has 5 nitrogen and oxygen atoms in total. The number of phenols is 1. The van der Waals surface area contributed by atoms with E-state index in [1.165, 1.54) is 7.11 Å². The summed E-state index contributed by atoms with van der Waals surface area (Å²) in [6.07, 6.45) is 0.642. The molecule has 0 heterocycles. The Labute approximate surface area is 107 Å². The SMILES string of the molecule is COCC(CCO)NCc1ccc(O)c(OC)c1. The van der Waals surface area contributed by atoms with E-state index in [0.29, 0.717) is 25.3 Å². The van der Waals surface area contributed by atoms with Gasteiger partial charge in [0.05, 0.1) is 13.7 Å². The number of phenolic OH excluding ortho intramolecular Hbond substituents is 1. The van der Waals surface area contributed by atoms with Crippen molar-refractivity contribution >= 4 is 0 Å². The summed E-state index contributed by atoms with van der Waals surface area (Å²) in [5.41, 5.74) is 1.00. The Morgan fingerprint density at radius 3 is 2.72 bits per heavy atom. The normalized spacial score (nSPS) is 12.4. The highest BCUT2D eigenvalue weighted by molar-refractivity contribution is 5.41. The molecule has 0 amide bonds. The van der Waals surface area contributed by atoms with E-state index in [1.54, 1.807) is 19.2 Å². The zero-order chi connectivity index (χ0) is 13.4. The Morgan fingerprint density at radius 1 is 1.33 bits per heavy atom. The molecule has 0 saturated carbocycles. The smallest absolute Gasteiger partial charge is 0.160 e. The van der Waals surface area contributed by atoms with E-state index in [0.717, 1.165) is 5.56 Å². The summed E-state index contributed by atoms with van der Waals surface area (Å²) in [4.78, 5) is 0. The molecule has 0 bridgehead atoms. The molecule has 1 aromatic rings. The van der Waals surface area contributed by atoms with E-state index in [9.17, 15) is 5.11 Å². The van der Waals surface area contributed by atoms with Crippen LogP contribution in [0.25, 0.3) is 0 Å². The first-order valence-corrected chi connectivity index (χ1v) is 5.90. The first-order valence-electron chi connectivity index (χ1n) is 5.90. The lowest BCUT2D eigenvalue weighted by atomic mass is 10.1. The molecule has 0 aliphatic rings. The first kappa shape index (κ1) is 14.8. The molecule has 1 rings (SSSR count). The van der Waals surface area contributed by atoms with Crippen LogP contribution in [-0.4, -0.2) is 43.7 Å². The molecule has 0 radical (unpaired) electrons. The van der Waals surface area contributed by atoms with Crippen molar-refractivity contribution in [2.75, 3.05) is 27.4 Å². The van der Waals surface area contributed by atoms with Crippen LogP contribution in [0.5, 0.6) is 11.5 Å². The fourth-order valence-corrected chi connectivity index (χ4v) is 1.70. The second-order valence-corrected chi connectivity index (χ2v) is 4.05. The molecule has 3 N–H and O–H groups in total. The number of ether oxygens (including phenoxy) is 2. The fourth-order valence-electron chi connectivity index (χ4n) is 1.70. The van der Waals surface area contributed by atoms with Crippen LogP contribution in [-0.2, 0) is 11.3 Å². The van der Waals surface area contributed by atoms with Gasteiger partial charge in [0.25, 0.3) is 0 Å². The molecule has 5 heteroatoms. The summed E-state index contributed by atoms with van der Waals surface area (Å²) in [6, 6.07) is 5.33. The standard InChI is InChI=1S/C13H21NO4/c1-17-9-11(5-6-15)14-8-10-3-4-12(16)13(7-10)18-2/h3-4,7,11,14-16H,5-6,8-9H2,1-2H3. The van der Waals surface area contributed by atoms with Gasteiger partial charge in [-0.15, -0.1) is 0 Å². The molecule has 0 saturated heterocycles. The highest BCUT2D eigenvalue weighted by atomic mass is 16.5. The van der Waals surface area contributed by atoms with E-state index in [4.69, 9.17) is 14.6 Å². The maximum atomic E-state index is 9.48. The van der Waals surface area contributed by atoms with E-state index < -0.39 is 0 Å². The second kappa shape index (κ2) is 7.92. The molecule has 18 heavy (non-hydrogen) atoms. The number of benzene rings is 1. The summed E-state index contributed by atoms with van der Waals surface area (Å²) in [7, 11) is 3.15. The van der Waals surface area contributed by atoms with Gasteiger partial charge in [-0.05, 0) is 24.1 Å². The lowest BCUT2D eigenvalue weighted by molar-refractivity contribution is 0.148.